The minimum atomic E-state index is -0.587. The van der Waals surface area contributed by atoms with Crippen molar-refractivity contribution in [2.24, 2.45) is 4.99 Å². The number of nitrogens with zero attached hydrogens (tertiary/aromatic N) is 3. The summed E-state index contributed by atoms with van der Waals surface area (Å²) in [5.41, 5.74) is 5.94. The van der Waals surface area contributed by atoms with Crippen molar-refractivity contribution < 1.29 is 8.78 Å². The third-order valence-corrected chi connectivity index (χ3v) is 2.41. The molecule has 0 amide bonds. The zero-order chi connectivity index (χ0) is 16.5. The number of hydrogen-bond donors (Lipinski definition) is 1. The van der Waals surface area contributed by atoms with Crippen LogP contribution < -0.4 is 5.73 Å². The molecular formula is C15H8F2N4S. The molecule has 2 aromatic carbocycles. The van der Waals surface area contributed by atoms with Crippen LogP contribution in [0.4, 0.5) is 31.5 Å². The lowest BCUT2D eigenvalue weighted by Gasteiger charge is -1.93. The van der Waals surface area contributed by atoms with Crippen molar-refractivity contribution in [1.29, 1.82) is 0 Å². The molecule has 0 unspecified atom stereocenters. The Labute approximate surface area is 131 Å². The van der Waals surface area contributed by atoms with Gasteiger partial charge in [-0.05, 0) is 36.5 Å². The Bertz CT molecular complexity index is 815. The first-order valence-electron chi connectivity index (χ1n) is 5.69. The van der Waals surface area contributed by atoms with Gasteiger partial charge in [0.05, 0.1) is 24.0 Å². The molecule has 2 N–H and O–H groups in total. The number of nitrogens with two attached hydrogens (primary N) is 1. The van der Waals surface area contributed by atoms with Gasteiger partial charge in [-0.1, -0.05) is 12.1 Å². The molecule has 0 aliphatic carbocycles. The number of benzene rings is 2. The van der Waals surface area contributed by atoms with E-state index in [1.807, 2.05) is 0 Å². The van der Waals surface area contributed by atoms with Crippen molar-refractivity contribution >= 4 is 40.1 Å². The number of halogens is 2. The molecular weight excluding hydrogens is 306 g/mol. The van der Waals surface area contributed by atoms with Crippen LogP contribution in [-0.4, -0.2) is 5.16 Å². The number of isothiocyanates is 1. The molecule has 0 atom stereocenters. The molecule has 7 heteroatoms. The van der Waals surface area contributed by atoms with Crippen LogP contribution >= 0.6 is 12.2 Å². The topological polar surface area (TPSA) is 47.1 Å². The van der Waals surface area contributed by atoms with Gasteiger partial charge in [0.2, 0.25) is 11.4 Å². The van der Waals surface area contributed by atoms with E-state index >= 15 is 0 Å². The van der Waals surface area contributed by atoms with Gasteiger partial charge in [-0.3, -0.25) is 0 Å². The third kappa shape index (κ3) is 4.77. The van der Waals surface area contributed by atoms with E-state index in [1.54, 1.807) is 0 Å². The largest absolute Gasteiger partial charge is 0.399 e. The molecule has 108 valence electrons. The normalized spacial score (nSPS) is 8.55. The highest BCUT2D eigenvalue weighted by Gasteiger charge is 2.01. The summed E-state index contributed by atoms with van der Waals surface area (Å²) in [5, 5.41) is 2.11. The number of nitrogen functional groups attached to an aromatic ring is 1. The molecule has 0 aromatic heterocycles. The van der Waals surface area contributed by atoms with E-state index in [2.05, 4.69) is 32.1 Å². The minimum Gasteiger partial charge on any atom is -0.399 e. The molecule has 2 aromatic rings. The van der Waals surface area contributed by atoms with Gasteiger partial charge in [-0.15, -0.1) is 0 Å². The van der Waals surface area contributed by atoms with Gasteiger partial charge in [-0.25, -0.2) is 18.5 Å². The summed E-state index contributed by atoms with van der Waals surface area (Å²) in [5.74, 6) is -1.15. The molecule has 0 aliphatic rings. The van der Waals surface area contributed by atoms with Crippen LogP contribution in [0.25, 0.3) is 9.69 Å². The maximum atomic E-state index is 12.8. The van der Waals surface area contributed by atoms with Crippen LogP contribution in [0.15, 0.2) is 41.4 Å². The Morgan fingerprint density at radius 2 is 1.55 bits per heavy atom. The second-order valence-electron chi connectivity index (χ2n) is 3.77. The van der Waals surface area contributed by atoms with Crippen LogP contribution in [0.1, 0.15) is 0 Å². The predicted octanol–water partition coefficient (Wildman–Crippen LogP) is 5.07. The van der Waals surface area contributed by atoms with Crippen molar-refractivity contribution in [1.82, 2.24) is 0 Å². The fraction of sp³-hybridized carbons (Fsp3) is 0. The number of rotatable bonds is 1. The van der Waals surface area contributed by atoms with Gasteiger partial charge in [0.1, 0.15) is 11.6 Å². The molecule has 0 saturated heterocycles. The molecule has 0 bridgehead atoms. The molecule has 22 heavy (non-hydrogen) atoms. The fourth-order valence-electron chi connectivity index (χ4n) is 1.32. The molecule has 4 nitrogen and oxygen atoms in total. The summed E-state index contributed by atoms with van der Waals surface area (Å²) < 4.78 is 25.4. The van der Waals surface area contributed by atoms with Crippen LogP contribution in [0.2, 0.25) is 0 Å². The Morgan fingerprint density at radius 1 is 1.00 bits per heavy atom. The molecule has 0 spiro atoms. The van der Waals surface area contributed by atoms with Gasteiger partial charge in [0.25, 0.3) is 0 Å². The molecule has 0 fully saturated rings. The lowest BCUT2D eigenvalue weighted by Crippen LogP contribution is -1.84. The maximum absolute atomic E-state index is 12.8. The second-order valence-corrected chi connectivity index (χ2v) is 3.96. The number of anilines is 1. The summed E-state index contributed by atoms with van der Waals surface area (Å²) in [6.07, 6.45) is 0. The predicted molar refractivity (Wildman–Crippen MR) is 84.4 cm³/mol. The van der Waals surface area contributed by atoms with Gasteiger partial charge in [-0.2, -0.15) is 4.99 Å². The first-order chi connectivity index (χ1) is 10.5. The zero-order valence-electron chi connectivity index (χ0n) is 11.0. The average Bonchev–Trinajstić information content (AvgIpc) is 2.48. The smallest absolute Gasteiger partial charge is 0.222 e. The van der Waals surface area contributed by atoms with E-state index in [4.69, 9.17) is 18.9 Å². The minimum absolute atomic E-state index is 0.00852. The fourth-order valence-corrected chi connectivity index (χ4v) is 1.43. The van der Waals surface area contributed by atoms with E-state index in [9.17, 15) is 8.78 Å². The van der Waals surface area contributed by atoms with E-state index in [1.165, 1.54) is 24.3 Å². The molecule has 2 rings (SSSR count). The maximum Gasteiger partial charge on any atom is 0.222 e. The van der Waals surface area contributed by atoms with E-state index in [0.717, 1.165) is 12.1 Å². The monoisotopic (exact) mass is 314 g/mol. The van der Waals surface area contributed by atoms with Crippen molar-refractivity contribution in [3.8, 4) is 0 Å². The third-order valence-electron chi connectivity index (χ3n) is 2.32. The van der Waals surface area contributed by atoms with Crippen LogP contribution in [-0.2, 0) is 0 Å². The first kappa shape index (κ1) is 16.9. The summed E-state index contributed by atoms with van der Waals surface area (Å²) in [7, 11) is 0. The van der Waals surface area contributed by atoms with Crippen molar-refractivity contribution in [2.45, 2.75) is 0 Å². The van der Waals surface area contributed by atoms with E-state index < -0.39 is 11.6 Å². The standard InChI is InChI=1S/C8H3FN2S.C7H5FN2/c1-10-8-3-2-6(11-5-12)4-7(8)9;1-10-7-3-2-5(9)4-6(7)8/h2-4H;2-4H,9H2. The SMILES string of the molecule is [C-]#[N+]c1ccc(N)cc1F.[C-]#[N+]c1ccc(N=C=S)cc1F. The zero-order valence-corrected chi connectivity index (χ0v) is 11.9. The van der Waals surface area contributed by atoms with Crippen molar-refractivity contribution in [3.63, 3.8) is 0 Å². The van der Waals surface area contributed by atoms with Crippen LogP contribution in [0.3, 0.4) is 0 Å². The number of aliphatic imine (C=N–C) groups is 1. The summed E-state index contributed by atoms with van der Waals surface area (Å²) in [6.45, 7) is 13.1. The highest BCUT2D eigenvalue weighted by atomic mass is 32.1. The quantitative estimate of drug-likeness (QED) is 0.346. The Hall–Kier alpha value is -3.12. The van der Waals surface area contributed by atoms with Crippen LogP contribution in [0, 0.1) is 24.8 Å². The lowest BCUT2D eigenvalue weighted by molar-refractivity contribution is 0.634. The van der Waals surface area contributed by atoms with Crippen molar-refractivity contribution in [3.05, 3.63) is 70.9 Å². The molecule has 0 heterocycles. The van der Waals surface area contributed by atoms with Gasteiger partial charge < -0.3 is 5.73 Å². The number of hydrogen-bond acceptors (Lipinski definition) is 3. The van der Waals surface area contributed by atoms with Gasteiger partial charge in [0, 0.05) is 5.69 Å². The number of thiocarbonyl (C=S) groups is 1. The average molecular weight is 314 g/mol. The Morgan fingerprint density at radius 3 is 2.00 bits per heavy atom. The van der Waals surface area contributed by atoms with Crippen LogP contribution in [0.5, 0.6) is 0 Å². The Kier molecular flexibility index (Phi) is 6.33. The second kappa shape index (κ2) is 8.23. The highest BCUT2D eigenvalue weighted by molar-refractivity contribution is 7.78. The summed E-state index contributed by atoms with van der Waals surface area (Å²) in [6, 6.07) is 8.00. The molecule has 0 aliphatic heterocycles. The van der Waals surface area contributed by atoms with E-state index in [-0.39, 0.29) is 11.4 Å². The highest BCUT2D eigenvalue weighted by Crippen LogP contribution is 2.22. The van der Waals surface area contributed by atoms with Crippen molar-refractivity contribution in [2.75, 3.05) is 5.73 Å². The summed E-state index contributed by atoms with van der Waals surface area (Å²) >= 11 is 4.34. The van der Waals surface area contributed by atoms with Gasteiger partial charge in [0.15, 0.2) is 0 Å². The first-order valence-corrected chi connectivity index (χ1v) is 6.10. The van der Waals surface area contributed by atoms with E-state index in [0.29, 0.717) is 11.4 Å². The molecule has 0 saturated carbocycles. The summed E-state index contributed by atoms with van der Waals surface area (Å²) in [4.78, 5) is 9.45. The lowest BCUT2D eigenvalue weighted by atomic mass is 10.3. The van der Waals surface area contributed by atoms with Gasteiger partial charge >= 0.3 is 0 Å². The molecule has 0 radical (unpaired) electrons. The Balaban J connectivity index is 0.000000224.